The first-order valence-corrected chi connectivity index (χ1v) is 7.26. The molecule has 0 radical (unpaired) electrons. The van der Waals surface area contributed by atoms with Gasteiger partial charge in [-0.05, 0) is 25.8 Å². The van der Waals surface area contributed by atoms with E-state index >= 15 is 0 Å². The first-order valence-electron chi connectivity index (χ1n) is 7.26. The van der Waals surface area contributed by atoms with Gasteiger partial charge in [0.05, 0.1) is 13.7 Å². The zero-order chi connectivity index (χ0) is 14.4. The van der Waals surface area contributed by atoms with Crippen molar-refractivity contribution in [3.8, 4) is 5.75 Å². The average molecular weight is 277 g/mol. The molecule has 110 valence electrons. The molecule has 0 bridgehead atoms. The summed E-state index contributed by atoms with van der Waals surface area (Å²) in [6.07, 6.45) is 4.17. The van der Waals surface area contributed by atoms with Crippen LogP contribution in [0.2, 0.25) is 0 Å². The number of ether oxygens (including phenoxy) is 2. The monoisotopic (exact) mass is 277 g/mol. The Morgan fingerprint density at radius 3 is 2.65 bits per heavy atom. The van der Waals surface area contributed by atoms with E-state index in [4.69, 9.17) is 9.47 Å². The smallest absolute Gasteiger partial charge is 0.407 e. The second-order valence-electron chi connectivity index (χ2n) is 5.26. The Morgan fingerprint density at radius 2 is 2.00 bits per heavy atom. The van der Waals surface area contributed by atoms with Gasteiger partial charge in [0, 0.05) is 17.5 Å². The van der Waals surface area contributed by atoms with Gasteiger partial charge in [-0.3, -0.25) is 0 Å². The van der Waals surface area contributed by atoms with E-state index in [-0.39, 0.29) is 11.5 Å². The molecule has 0 atom stereocenters. The van der Waals surface area contributed by atoms with Crippen LogP contribution in [-0.4, -0.2) is 26.4 Å². The maximum absolute atomic E-state index is 11.6. The minimum Gasteiger partial charge on any atom is -0.496 e. The van der Waals surface area contributed by atoms with Crippen molar-refractivity contribution in [2.75, 3.05) is 20.3 Å². The summed E-state index contributed by atoms with van der Waals surface area (Å²) in [7, 11) is 1.69. The highest BCUT2D eigenvalue weighted by molar-refractivity contribution is 5.67. The van der Waals surface area contributed by atoms with Crippen LogP contribution < -0.4 is 10.1 Å². The third-order valence-corrected chi connectivity index (χ3v) is 4.09. The highest BCUT2D eigenvalue weighted by Crippen LogP contribution is 2.44. The van der Waals surface area contributed by atoms with Gasteiger partial charge in [-0.25, -0.2) is 4.79 Å². The number of hydrogen-bond donors (Lipinski definition) is 1. The van der Waals surface area contributed by atoms with Gasteiger partial charge in [-0.15, -0.1) is 0 Å². The Bertz CT molecular complexity index is 453. The standard InChI is InChI=1S/C16H23NO3/c1-3-20-15(18)17-12-16(10-6-7-11-16)13-8-4-5-9-14(13)19-2/h4-5,8-9H,3,6-7,10-12H2,1-2H3,(H,17,18). The number of rotatable bonds is 5. The lowest BCUT2D eigenvalue weighted by atomic mass is 9.78. The first-order chi connectivity index (χ1) is 9.72. The number of para-hydroxylation sites is 1. The molecule has 0 saturated heterocycles. The van der Waals surface area contributed by atoms with E-state index in [1.54, 1.807) is 7.11 Å². The van der Waals surface area contributed by atoms with Crippen molar-refractivity contribution < 1.29 is 14.3 Å². The lowest BCUT2D eigenvalue weighted by Crippen LogP contribution is -2.39. The molecule has 1 aromatic rings. The summed E-state index contributed by atoms with van der Waals surface area (Å²) in [6.45, 7) is 2.81. The Labute approximate surface area is 120 Å². The summed E-state index contributed by atoms with van der Waals surface area (Å²) in [5.41, 5.74) is 1.16. The zero-order valence-corrected chi connectivity index (χ0v) is 12.3. The summed E-state index contributed by atoms with van der Waals surface area (Å²) in [5, 5.41) is 2.90. The Kier molecular flexibility index (Phi) is 4.88. The van der Waals surface area contributed by atoms with Gasteiger partial charge in [0.15, 0.2) is 0 Å². The number of nitrogens with one attached hydrogen (secondary N) is 1. The van der Waals surface area contributed by atoms with Crippen LogP contribution in [0.25, 0.3) is 0 Å². The van der Waals surface area contributed by atoms with Crippen molar-refractivity contribution >= 4 is 6.09 Å². The van der Waals surface area contributed by atoms with E-state index in [2.05, 4.69) is 11.4 Å². The molecule has 1 fully saturated rings. The van der Waals surface area contributed by atoms with Crippen molar-refractivity contribution in [1.29, 1.82) is 0 Å². The number of carbonyl (C=O) groups is 1. The fourth-order valence-electron chi connectivity index (χ4n) is 3.10. The molecular formula is C16H23NO3. The predicted molar refractivity (Wildman–Crippen MR) is 78.2 cm³/mol. The molecule has 1 aromatic carbocycles. The molecule has 0 aromatic heterocycles. The normalized spacial score (nSPS) is 16.7. The van der Waals surface area contributed by atoms with Crippen LogP contribution in [0.15, 0.2) is 24.3 Å². The molecular weight excluding hydrogens is 254 g/mol. The van der Waals surface area contributed by atoms with Gasteiger partial charge in [-0.2, -0.15) is 0 Å². The zero-order valence-electron chi connectivity index (χ0n) is 12.3. The summed E-state index contributed by atoms with van der Waals surface area (Å²) >= 11 is 0. The van der Waals surface area contributed by atoms with E-state index in [1.165, 1.54) is 18.4 Å². The molecule has 20 heavy (non-hydrogen) atoms. The van der Waals surface area contributed by atoms with E-state index in [0.717, 1.165) is 18.6 Å². The molecule has 0 spiro atoms. The molecule has 1 N–H and O–H groups in total. The summed E-state index contributed by atoms with van der Waals surface area (Å²) in [4.78, 5) is 11.6. The van der Waals surface area contributed by atoms with Gasteiger partial charge in [0.25, 0.3) is 0 Å². The van der Waals surface area contributed by atoms with Crippen LogP contribution in [0.5, 0.6) is 5.75 Å². The molecule has 4 nitrogen and oxygen atoms in total. The number of carbonyl (C=O) groups excluding carboxylic acids is 1. The van der Waals surface area contributed by atoms with E-state index in [0.29, 0.717) is 13.2 Å². The largest absolute Gasteiger partial charge is 0.496 e. The number of amides is 1. The van der Waals surface area contributed by atoms with Crippen molar-refractivity contribution in [2.24, 2.45) is 0 Å². The summed E-state index contributed by atoms with van der Waals surface area (Å²) < 4.78 is 10.5. The quantitative estimate of drug-likeness (QED) is 0.898. The molecule has 0 heterocycles. The fourth-order valence-corrected chi connectivity index (χ4v) is 3.10. The first kappa shape index (κ1) is 14.7. The Morgan fingerprint density at radius 1 is 1.30 bits per heavy atom. The topological polar surface area (TPSA) is 47.6 Å². The fraction of sp³-hybridized carbons (Fsp3) is 0.562. The van der Waals surface area contributed by atoms with Crippen LogP contribution in [0, 0.1) is 0 Å². The van der Waals surface area contributed by atoms with Crippen molar-refractivity contribution in [3.05, 3.63) is 29.8 Å². The molecule has 1 saturated carbocycles. The van der Waals surface area contributed by atoms with Gasteiger partial charge < -0.3 is 14.8 Å². The van der Waals surface area contributed by atoms with Crippen LogP contribution in [0.1, 0.15) is 38.2 Å². The van der Waals surface area contributed by atoms with Crippen molar-refractivity contribution in [2.45, 2.75) is 38.0 Å². The second-order valence-corrected chi connectivity index (χ2v) is 5.26. The number of benzene rings is 1. The SMILES string of the molecule is CCOC(=O)NCC1(c2ccccc2OC)CCCC1. The van der Waals surface area contributed by atoms with Gasteiger partial charge in [-0.1, -0.05) is 31.0 Å². The highest BCUT2D eigenvalue weighted by atomic mass is 16.5. The maximum atomic E-state index is 11.6. The molecule has 0 aliphatic heterocycles. The van der Waals surface area contributed by atoms with Crippen LogP contribution >= 0.6 is 0 Å². The molecule has 4 heteroatoms. The third-order valence-electron chi connectivity index (χ3n) is 4.09. The maximum Gasteiger partial charge on any atom is 0.407 e. The van der Waals surface area contributed by atoms with Crippen molar-refractivity contribution in [1.82, 2.24) is 5.32 Å². The van der Waals surface area contributed by atoms with Gasteiger partial charge in [0.1, 0.15) is 5.75 Å². The van der Waals surface area contributed by atoms with Crippen LogP contribution in [0.3, 0.4) is 0 Å². The second kappa shape index (κ2) is 6.64. The number of methoxy groups -OCH3 is 1. The van der Waals surface area contributed by atoms with E-state index < -0.39 is 0 Å². The number of alkyl carbamates (subject to hydrolysis) is 1. The average Bonchev–Trinajstić information content (AvgIpc) is 2.95. The minimum atomic E-state index is -0.339. The number of hydrogen-bond acceptors (Lipinski definition) is 3. The van der Waals surface area contributed by atoms with E-state index in [9.17, 15) is 4.79 Å². The van der Waals surface area contributed by atoms with Gasteiger partial charge in [0.2, 0.25) is 0 Å². The third kappa shape index (κ3) is 3.06. The molecule has 1 aliphatic rings. The predicted octanol–water partition coefficient (Wildman–Crippen LogP) is 3.25. The van der Waals surface area contributed by atoms with Crippen molar-refractivity contribution in [3.63, 3.8) is 0 Å². The molecule has 0 unspecified atom stereocenters. The molecule has 2 rings (SSSR count). The van der Waals surface area contributed by atoms with Crippen LogP contribution in [-0.2, 0) is 10.2 Å². The van der Waals surface area contributed by atoms with Crippen LogP contribution in [0.4, 0.5) is 4.79 Å². The summed E-state index contributed by atoms with van der Waals surface area (Å²) in [6, 6.07) is 8.10. The summed E-state index contributed by atoms with van der Waals surface area (Å²) in [5.74, 6) is 0.903. The Balaban J connectivity index is 2.19. The van der Waals surface area contributed by atoms with E-state index in [1.807, 2.05) is 25.1 Å². The van der Waals surface area contributed by atoms with Gasteiger partial charge >= 0.3 is 6.09 Å². The lowest BCUT2D eigenvalue weighted by Gasteiger charge is -2.31. The minimum absolute atomic E-state index is 0.0284. The Hall–Kier alpha value is -1.71. The molecule has 1 aliphatic carbocycles. The molecule has 1 amide bonds. The lowest BCUT2D eigenvalue weighted by molar-refractivity contribution is 0.149. The highest BCUT2D eigenvalue weighted by Gasteiger charge is 2.38.